The van der Waals surface area contributed by atoms with E-state index in [4.69, 9.17) is 52.4 Å². The van der Waals surface area contributed by atoms with Gasteiger partial charge in [-0.2, -0.15) is 0 Å². The lowest BCUT2D eigenvalue weighted by atomic mass is 9.77. The first kappa shape index (κ1) is 53.8. The molecule has 0 bridgehead atoms. The van der Waals surface area contributed by atoms with E-state index in [2.05, 4.69) is 32.4 Å². The van der Waals surface area contributed by atoms with E-state index in [1.165, 1.54) is 6.92 Å². The fourth-order valence-electron chi connectivity index (χ4n) is 10.6. The second kappa shape index (κ2) is 23.3. The van der Waals surface area contributed by atoms with E-state index in [1.807, 2.05) is 60.5 Å². The number of aliphatic hydroxyl groups is 1. The summed E-state index contributed by atoms with van der Waals surface area (Å²) in [4.78, 5) is 43.4. The lowest BCUT2D eigenvalue weighted by Crippen LogP contribution is -2.61. The summed E-state index contributed by atoms with van der Waals surface area (Å²) in [5.74, 6) is -2.78. The molecule has 0 unspecified atom stereocenters. The van der Waals surface area contributed by atoms with E-state index in [9.17, 15) is 14.7 Å². The summed E-state index contributed by atoms with van der Waals surface area (Å²) in [5, 5.41) is 12.9. The number of rotatable bonds is 15. The van der Waals surface area contributed by atoms with Crippen LogP contribution in [0.4, 0.5) is 0 Å². The van der Waals surface area contributed by atoms with Gasteiger partial charge in [-0.15, -0.1) is 6.58 Å². The van der Waals surface area contributed by atoms with Crippen molar-refractivity contribution >= 4 is 11.9 Å². The molecule has 0 aromatic rings. The zero-order chi connectivity index (χ0) is 47.0. The third-order valence-corrected chi connectivity index (χ3v) is 14.1. The topological polar surface area (TPSA) is 162 Å². The molecule has 4 fully saturated rings. The Labute approximate surface area is 378 Å². The van der Waals surface area contributed by atoms with Gasteiger partial charge in [-0.3, -0.25) is 9.59 Å². The highest BCUT2D eigenvalue weighted by molar-refractivity contribution is 5.73. The molecule has 1 N–H and O–H groups in total. The van der Waals surface area contributed by atoms with Crippen molar-refractivity contribution in [2.75, 3.05) is 61.2 Å². The van der Waals surface area contributed by atoms with Crippen molar-refractivity contribution in [3.05, 3.63) is 12.7 Å². The predicted molar refractivity (Wildman–Crippen MR) is 235 cm³/mol. The number of likely N-dealkylation sites (N-methyl/N-ethyl adjacent to an activating group) is 1. The largest absolute Gasteiger partial charge is 0.459 e. The number of nitrogens with zero attached hydrogens (tertiary/aromatic N) is 2. The molecule has 0 aromatic carbocycles. The minimum Gasteiger partial charge on any atom is -0.459 e. The molecule has 0 aromatic heterocycles. The van der Waals surface area contributed by atoms with Gasteiger partial charge in [0.15, 0.2) is 18.7 Å². The smallest absolute Gasteiger partial charge is 0.311 e. The van der Waals surface area contributed by atoms with E-state index >= 15 is 0 Å². The van der Waals surface area contributed by atoms with Gasteiger partial charge in [0.2, 0.25) is 0 Å². The van der Waals surface area contributed by atoms with Gasteiger partial charge >= 0.3 is 11.9 Å². The van der Waals surface area contributed by atoms with Crippen LogP contribution in [0.1, 0.15) is 108 Å². The lowest BCUT2D eigenvalue weighted by Gasteiger charge is -2.49. The maximum absolute atomic E-state index is 14.8. The van der Waals surface area contributed by atoms with Crippen molar-refractivity contribution in [3.8, 4) is 0 Å². The van der Waals surface area contributed by atoms with Crippen LogP contribution in [0.3, 0.4) is 0 Å². The molecule has 0 saturated carbocycles. The Bertz CT molecular complexity index is 1450. The molecule has 0 spiro atoms. The van der Waals surface area contributed by atoms with Gasteiger partial charge in [-0.05, 0) is 101 Å². The summed E-state index contributed by atoms with van der Waals surface area (Å²) in [7, 11) is 7.55. The van der Waals surface area contributed by atoms with E-state index < -0.39 is 89.8 Å². The minimum atomic E-state index is -1.52. The number of ether oxygens (including phenoxy) is 9. The van der Waals surface area contributed by atoms with Crippen LogP contribution in [0.25, 0.3) is 0 Å². The van der Waals surface area contributed by atoms with Gasteiger partial charge < -0.3 is 57.5 Å². The summed E-state index contributed by atoms with van der Waals surface area (Å²) < 4.78 is 57.7. The number of carbonyl (C=O) groups is 2. The Balaban J connectivity index is 1.80. The predicted octanol–water partition coefficient (Wildman–Crippen LogP) is 5.31. The number of fused-ring (bicyclic) bond motifs is 1. The van der Waals surface area contributed by atoms with Crippen LogP contribution in [0.15, 0.2) is 12.7 Å². The summed E-state index contributed by atoms with van der Waals surface area (Å²) in [6.07, 6.45) is -2.50. The molecule has 0 radical (unpaired) electrons. The molecular formula is C47H84N2O14. The summed E-state index contributed by atoms with van der Waals surface area (Å²) in [5.41, 5.74) is -3.31. The molecule has 0 aliphatic carbocycles. The molecule has 4 rings (SSSR count). The normalized spacial score (nSPS) is 43.7. The Hall–Kier alpha value is -1.80. The maximum atomic E-state index is 14.8. The molecule has 4 aliphatic rings. The highest BCUT2D eigenvalue weighted by Gasteiger charge is 2.56. The van der Waals surface area contributed by atoms with Crippen LogP contribution in [-0.4, -0.2) is 172 Å². The number of methoxy groups -OCH3 is 1. The molecule has 4 saturated heterocycles. The molecule has 4 aliphatic heterocycles. The molecule has 18 atom stereocenters. The first-order valence-corrected chi connectivity index (χ1v) is 23.3. The van der Waals surface area contributed by atoms with Crippen molar-refractivity contribution < 1.29 is 67.1 Å². The van der Waals surface area contributed by atoms with Crippen molar-refractivity contribution in [3.63, 3.8) is 0 Å². The van der Waals surface area contributed by atoms with Gasteiger partial charge in [0.25, 0.3) is 0 Å². The molecule has 63 heavy (non-hydrogen) atoms. The van der Waals surface area contributed by atoms with Gasteiger partial charge in [0, 0.05) is 58.1 Å². The molecule has 4 heterocycles. The van der Waals surface area contributed by atoms with Gasteiger partial charge in [-0.25, -0.2) is 9.78 Å². The van der Waals surface area contributed by atoms with Crippen LogP contribution >= 0.6 is 0 Å². The fraction of sp³-hybridized carbons (Fsp3) is 0.915. The molecule has 16 nitrogen and oxygen atoms in total. The molecule has 16 heteroatoms. The third kappa shape index (κ3) is 13.2. The number of esters is 2. The number of cyclic esters (lactones) is 1. The minimum absolute atomic E-state index is 0.0363. The molecular weight excluding hydrogens is 817 g/mol. The summed E-state index contributed by atoms with van der Waals surface area (Å²) in [6, 6.07) is -0.275. The Morgan fingerprint density at radius 1 is 1.02 bits per heavy atom. The number of carbonyl (C=O) groups excluding carboxylic acids is 2. The molecule has 0 amide bonds. The van der Waals surface area contributed by atoms with Gasteiger partial charge in [-0.1, -0.05) is 26.8 Å². The highest BCUT2D eigenvalue weighted by Crippen LogP contribution is 2.43. The average Bonchev–Trinajstić information content (AvgIpc) is 3.60. The highest BCUT2D eigenvalue weighted by atomic mass is 17.2. The Morgan fingerprint density at radius 3 is 2.33 bits per heavy atom. The average molecular weight is 901 g/mol. The standard InChI is InChI=1S/C47H84N2O14/c1-17-20-54-21-19-22-55-42-33(8)58-38(25-46(42,11)53-16)61-39-30(5)41(62-44-40(59-34(9)50)36(48(13)14)23-29(4)57-44)45(10,52)24-28(3)26-49(15)32(7)35-27-56-63-47(35,12)37(18-2)60-43(51)31(39)6/h17,28-33,35-42,44,52H,1,18-27H2,2-16H3/t28-,29-,30+,31-,32-,33+,35-,36+,37-,38+,39+,40-,41-,42+,44+,45-,46-,47+/m1/s1. The fourth-order valence-corrected chi connectivity index (χ4v) is 10.6. The van der Waals surface area contributed by atoms with Crippen LogP contribution in [0, 0.1) is 23.7 Å². The Morgan fingerprint density at radius 2 is 1.71 bits per heavy atom. The monoisotopic (exact) mass is 901 g/mol. The summed E-state index contributed by atoms with van der Waals surface area (Å²) >= 11 is 0. The zero-order valence-electron chi connectivity index (χ0n) is 41.2. The van der Waals surface area contributed by atoms with Crippen LogP contribution in [0.2, 0.25) is 0 Å². The molecule has 366 valence electrons. The third-order valence-electron chi connectivity index (χ3n) is 14.1. The SMILES string of the molecule is C=CCOCCCO[C@H]1[C@H](C)O[C@@H](O[C@H]2[C@H](C)[C@@H](O[C@@H]3O[C@H](C)C[C@H](N(C)C)[C@H]3OC(C)=O)[C@](C)(O)C[C@@H](C)CN(C)[C@H](C)[C@H]3COO[C@]3(C)[C@@H](CC)OC(=O)[C@@H]2C)C[C@@]1(C)OC. The Kier molecular flexibility index (Phi) is 19.9. The van der Waals surface area contributed by atoms with Crippen molar-refractivity contribution in [1.29, 1.82) is 0 Å². The van der Waals surface area contributed by atoms with E-state index in [0.29, 0.717) is 58.7 Å². The van der Waals surface area contributed by atoms with Crippen LogP contribution in [-0.2, 0) is 62.0 Å². The van der Waals surface area contributed by atoms with Crippen LogP contribution in [0.5, 0.6) is 0 Å². The quantitative estimate of drug-likeness (QED) is 0.0973. The number of hydrogen-bond donors (Lipinski definition) is 1. The van der Waals surface area contributed by atoms with E-state index in [1.54, 1.807) is 27.0 Å². The van der Waals surface area contributed by atoms with Crippen molar-refractivity contribution in [2.45, 2.75) is 192 Å². The lowest BCUT2D eigenvalue weighted by molar-refractivity contribution is -0.327. The first-order chi connectivity index (χ1) is 29.5. The van der Waals surface area contributed by atoms with Crippen molar-refractivity contribution in [2.24, 2.45) is 23.7 Å². The zero-order valence-corrected chi connectivity index (χ0v) is 41.2. The van der Waals surface area contributed by atoms with Crippen LogP contribution < -0.4 is 0 Å². The van der Waals surface area contributed by atoms with E-state index in [-0.39, 0.29) is 36.4 Å². The number of hydrogen-bond acceptors (Lipinski definition) is 16. The van der Waals surface area contributed by atoms with E-state index in [0.717, 1.165) is 0 Å². The second-order valence-corrected chi connectivity index (χ2v) is 19.8. The van der Waals surface area contributed by atoms with Crippen molar-refractivity contribution in [1.82, 2.24) is 9.80 Å². The van der Waals surface area contributed by atoms with Gasteiger partial charge in [0.05, 0.1) is 60.8 Å². The van der Waals surface area contributed by atoms with Gasteiger partial charge in [0.1, 0.15) is 17.8 Å². The first-order valence-electron chi connectivity index (χ1n) is 23.3. The second-order valence-electron chi connectivity index (χ2n) is 19.8. The maximum Gasteiger partial charge on any atom is 0.311 e. The summed E-state index contributed by atoms with van der Waals surface area (Å²) in [6.45, 7) is 26.9.